The lowest BCUT2D eigenvalue weighted by atomic mass is 10.2. The Hall–Kier alpha value is -2.90. The molecule has 0 spiro atoms. The summed E-state index contributed by atoms with van der Waals surface area (Å²) >= 11 is 0. The Balaban J connectivity index is 3.73. The molecule has 164 valence electrons. The molecule has 0 atom stereocenters. The molecular weight excluding hydrogens is 380 g/mol. The van der Waals surface area contributed by atoms with Crippen molar-refractivity contribution in [2.24, 2.45) is 0 Å². The average molecular weight is 412 g/mol. The van der Waals surface area contributed by atoms with Gasteiger partial charge in [-0.15, -0.1) is 0 Å². The summed E-state index contributed by atoms with van der Waals surface area (Å²) in [5.74, 6) is -0.732. The van der Waals surface area contributed by atoms with Gasteiger partial charge in [-0.25, -0.2) is 0 Å². The van der Waals surface area contributed by atoms with E-state index in [1.807, 2.05) is 0 Å². The molecular formula is C21H32O8. The maximum Gasteiger partial charge on any atom is 0.305 e. The van der Waals surface area contributed by atoms with Crippen molar-refractivity contribution in [3.8, 4) is 0 Å². The SMILES string of the molecule is C=COC(CCCOC(=O)CCCC(=O)OCCCC(OC=C)OC=C)OC=C. The second-order valence-electron chi connectivity index (χ2n) is 5.65. The van der Waals surface area contributed by atoms with Crippen molar-refractivity contribution in [2.75, 3.05) is 13.2 Å². The van der Waals surface area contributed by atoms with Gasteiger partial charge in [-0.05, 0) is 19.3 Å². The van der Waals surface area contributed by atoms with Crippen LogP contribution in [0.15, 0.2) is 51.4 Å². The summed E-state index contributed by atoms with van der Waals surface area (Å²) in [6, 6.07) is 0. The summed E-state index contributed by atoms with van der Waals surface area (Å²) in [4.78, 5) is 23.3. The summed E-state index contributed by atoms with van der Waals surface area (Å²) in [6.45, 7) is 14.3. The highest BCUT2D eigenvalue weighted by Crippen LogP contribution is 2.08. The first-order valence-electron chi connectivity index (χ1n) is 9.44. The van der Waals surface area contributed by atoms with Crippen LogP contribution in [0.5, 0.6) is 0 Å². The third-order valence-corrected chi connectivity index (χ3v) is 3.45. The standard InChI is InChI=1S/C21H32O8/c1-5-24-20(25-6-2)14-10-16-28-18(22)12-9-13-19(23)29-17-11-15-21(26-7-3)27-8-4/h5-8,20-21H,1-4,9-17H2. The van der Waals surface area contributed by atoms with Gasteiger partial charge in [0.25, 0.3) is 0 Å². The van der Waals surface area contributed by atoms with Gasteiger partial charge in [0, 0.05) is 25.7 Å². The number of carbonyl (C=O) groups is 2. The van der Waals surface area contributed by atoms with E-state index in [0.29, 0.717) is 32.1 Å². The van der Waals surface area contributed by atoms with Gasteiger partial charge in [-0.3, -0.25) is 9.59 Å². The fourth-order valence-corrected chi connectivity index (χ4v) is 2.16. The van der Waals surface area contributed by atoms with Crippen LogP contribution >= 0.6 is 0 Å². The van der Waals surface area contributed by atoms with Gasteiger partial charge in [0.15, 0.2) is 0 Å². The number of hydrogen-bond acceptors (Lipinski definition) is 8. The largest absolute Gasteiger partial charge is 0.466 e. The Morgan fingerprint density at radius 2 is 0.966 bits per heavy atom. The quantitative estimate of drug-likeness (QED) is 0.128. The van der Waals surface area contributed by atoms with Crippen molar-refractivity contribution in [2.45, 2.75) is 57.5 Å². The smallest absolute Gasteiger partial charge is 0.305 e. The van der Waals surface area contributed by atoms with Gasteiger partial charge in [0.1, 0.15) is 0 Å². The maximum atomic E-state index is 11.7. The number of rotatable bonds is 20. The molecule has 0 aliphatic carbocycles. The molecule has 8 heteroatoms. The summed E-state index contributed by atoms with van der Waals surface area (Å²) in [5, 5.41) is 0. The highest BCUT2D eigenvalue weighted by Gasteiger charge is 2.11. The van der Waals surface area contributed by atoms with E-state index >= 15 is 0 Å². The fourth-order valence-electron chi connectivity index (χ4n) is 2.16. The number of ether oxygens (including phenoxy) is 6. The van der Waals surface area contributed by atoms with E-state index in [9.17, 15) is 9.59 Å². The molecule has 0 bridgehead atoms. The summed E-state index contributed by atoms with van der Waals surface area (Å²) in [6.07, 6.45) is 6.94. The minimum Gasteiger partial charge on any atom is -0.466 e. The molecule has 0 saturated carbocycles. The van der Waals surface area contributed by atoms with Gasteiger partial charge >= 0.3 is 11.9 Å². The number of hydrogen-bond donors (Lipinski definition) is 0. The Labute approximate surface area is 172 Å². The molecule has 0 amide bonds. The van der Waals surface area contributed by atoms with E-state index in [1.165, 1.54) is 25.0 Å². The summed E-state index contributed by atoms with van der Waals surface area (Å²) < 4.78 is 30.7. The van der Waals surface area contributed by atoms with E-state index in [-0.39, 0.29) is 38.0 Å². The van der Waals surface area contributed by atoms with Crippen LogP contribution in [0.3, 0.4) is 0 Å². The maximum absolute atomic E-state index is 11.7. The van der Waals surface area contributed by atoms with Crippen LogP contribution < -0.4 is 0 Å². The van der Waals surface area contributed by atoms with Crippen molar-refractivity contribution < 1.29 is 38.0 Å². The van der Waals surface area contributed by atoms with E-state index in [2.05, 4.69) is 26.3 Å². The minimum absolute atomic E-state index is 0.146. The monoisotopic (exact) mass is 412 g/mol. The molecule has 29 heavy (non-hydrogen) atoms. The molecule has 0 saturated heterocycles. The van der Waals surface area contributed by atoms with Crippen LogP contribution in [-0.4, -0.2) is 37.7 Å². The van der Waals surface area contributed by atoms with Crippen LogP contribution in [0.1, 0.15) is 44.9 Å². The second-order valence-corrected chi connectivity index (χ2v) is 5.65. The Morgan fingerprint density at radius 1 is 0.621 bits per heavy atom. The summed E-state index contributed by atoms with van der Waals surface area (Å²) in [7, 11) is 0. The van der Waals surface area contributed by atoms with Gasteiger partial charge in [-0.1, -0.05) is 26.3 Å². The predicted molar refractivity (Wildman–Crippen MR) is 107 cm³/mol. The lowest BCUT2D eigenvalue weighted by Gasteiger charge is -2.15. The topological polar surface area (TPSA) is 89.5 Å². The molecule has 8 nitrogen and oxygen atoms in total. The normalized spacial score (nSPS) is 10.0. The van der Waals surface area contributed by atoms with Crippen LogP contribution in [0.4, 0.5) is 0 Å². The Bertz CT molecular complexity index is 439. The first kappa shape index (κ1) is 26.1. The zero-order valence-corrected chi connectivity index (χ0v) is 16.9. The molecule has 0 aromatic rings. The molecule has 0 heterocycles. The van der Waals surface area contributed by atoms with E-state index in [1.54, 1.807) is 0 Å². The zero-order valence-electron chi connectivity index (χ0n) is 16.9. The van der Waals surface area contributed by atoms with E-state index < -0.39 is 12.6 Å². The van der Waals surface area contributed by atoms with Gasteiger partial charge in [-0.2, -0.15) is 0 Å². The molecule has 0 unspecified atom stereocenters. The van der Waals surface area contributed by atoms with Crippen molar-refractivity contribution in [1.29, 1.82) is 0 Å². The first-order valence-corrected chi connectivity index (χ1v) is 9.44. The predicted octanol–water partition coefficient (Wildman–Crippen LogP) is 4.10. The third-order valence-electron chi connectivity index (χ3n) is 3.45. The zero-order chi connectivity index (χ0) is 21.7. The van der Waals surface area contributed by atoms with Gasteiger partial charge in [0.05, 0.1) is 38.3 Å². The summed E-state index contributed by atoms with van der Waals surface area (Å²) in [5.41, 5.74) is 0. The average Bonchev–Trinajstić information content (AvgIpc) is 2.69. The third kappa shape index (κ3) is 15.8. The Kier molecular flexibility index (Phi) is 16.6. The molecule has 0 rings (SSSR count). The molecule has 0 fully saturated rings. The van der Waals surface area contributed by atoms with Crippen molar-refractivity contribution in [1.82, 2.24) is 0 Å². The fraction of sp³-hybridized carbons (Fsp3) is 0.524. The molecule has 0 N–H and O–H groups in total. The van der Waals surface area contributed by atoms with Gasteiger partial charge in [0.2, 0.25) is 12.6 Å². The first-order chi connectivity index (χ1) is 14.1. The van der Waals surface area contributed by atoms with E-state index in [4.69, 9.17) is 28.4 Å². The Morgan fingerprint density at radius 3 is 1.28 bits per heavy atom. The van der Waals surface area contributed by atoms with Crippen LogP contribution in [-0.2, 0) is 38.0 Å². The number of carbonyl (C=O) groups excluding carboxylic acids is 2. The molecule has 0 radical (unpaired) electrons. The van der Waals surface area contributed by atoms with Crippen molar-refractivity contribution in [3.63, 3.8) is 0 Å². The lowest BCUT2D eigenvalue weighted by molar-refractivity contribution is -0.146. The highest BCUT2D eigenvalue weighted by atomic mass is 16.7. The molecule has 0 aliphatic rings. The number of esters is 2. The van der Waals surface area contributed by atoms with Crippen molar-refractivity contribution in [3.05, 3.63) is 51.4 Å². The van der Waals surface area contributed by atoms with E-state index in [0.717, 1.165) is 0 Å². The van der Waals surface area contributed by atoms with Crippen LogP contribution in [0.25, 0.3) is 0 Å². The minimum atomic E-state index is -0.500. The molecule has 0 aliphatic heterocycles. The van der Waals surface area contributed by atoms with Gasteiger partial charge < -0.3 is 28.4 Å². The molecule has 0 aromatic heterocycles. The molecule has 0 aromatic carbocycles. The van der Waals surface area contributed by atoms with Crippen molar-refractivity contribution >= 4 is 11.9 Å². The lowest BCUT2D eigenvalue weighted by Crippen LogP contribution is -2.14. The van der Waals surface area contributed by atoms with Crippen LogP contribution in [0, 0.1) is 0 Å². The second kappa shape index (κ2) is 18.5. The van der Waals surface area contributed by atoms with Crippen LogP contribution in [0.2, 0.25) is 0 Å². The highest BCUT2D eigenvalue weighted by molar-refractivity contribution is 5.72.